The molecule has 1 rings (SSSR count). The van der Waals surface area contributed by atoms with Crippen molar-refractivity contribution in [2.24, 2.45) is 5.92 Å². The SMILES string of the molecule is CC(C)CC(=O)CCc1ccc(Cl)cc1Cl. The van der Waals surface area contributed by atoms with Gasteiger partial charge in [0, 0.05) is 22.9 Å². The van der Waals surface area contributed by atoms with Gasteiger partial charge in [0.1, 0.15) is 5.78 Å². The number of halogens is 2. The first-order valence-electron chi connectivity index (χ1n) is 5.44. The molecule has 0 radical (unpaired) electrons. The van der Waals surface area contributed by atoms with Crippen LogP contribution in [0.1, 0.15) is 32.3 Å². The van der Waals surface area contributed by atoms with Gasteiger partial charge < -0.3 is 0 Å². The molecule has 0 heterocycles. The number of aryl methyl sites for hydroxylation is 1. The molecule has 0 saturated heterocycles. The van der Waals surface area contributed by atoms with E-state index in [0.29, 0.717) is 41.0 Å². The predicted molar refractivity (Wildman–Crippen MR) is 69.2 cm³/mol. The average molecular weight is 259 g/mol. The Labute approximate surface area is 107 Å². The van der Waals surface area contributed by atoms with E-state index < -0.39 is 0 Å². The molecule has 0 unspecified atom stereocenters. The molecule has 88 valence electrons. The Balaban J connectivity index is 2.51. The van der Waals surface area contributed by atoms with E-state index >= 15 is 0 Å². The molecular formula is C13H16Cl2O. The van der Waals surface area contributed by atoms with Crippen LogP contribution >= 0.6 is 23.2 Å². The van der Waals surface area contributed by atoms with Gasteiger partial charge in [0.05, 0.1) is 0 Å². The number of hydrogen-bond acceptors (Lipinski definition) is 1. The normalized spacial score (nSPS) is 10.8. The summed E-state index contributed by atoms with van der Waals surface area (Å²) in [6.45, 7) is 4.10. The molecule has 3 heteroatoms. The number of ketones is 1. The van der Waals surface area contributed by atoms with Gasteiger partial charge in [-0.15, -0.1) is 0 Å². The van der Waals surface area contributed by atoms with Gasteiger partial charge in [-0.1, -0.05) is 43.1 Å². The summed E-state index contributed by atoms with van der Waals surface area (Å²) in [7, 11) is 0. The zero-order valence-corrected chi connectivity index (χ0v) is 11.1. The second kappa shape index (κ2) is 6.27. The fourth-order valence-corrected chi connectivity index (χ4v) is 2.06. The molecule has 0 saturated carbocycles. The molecule has 0 N–H and O–H groups in total. The van der Waals surface area contributed by atoms with Crippen LogP contribution in [0.25, 0.3) is 0 Å². The van der Waals surface area contributed by atoms with Crippen molar-refractivity contribution >= 4 is 29.0 Å². The van der Waals surface area contributed by atoms with Gasteiger partial charge in [-0.05, 0) is 30.0 Å². The van der Waals surface area contributed by atoms with E-state index in [0.717, 1.165) is 5.56 Å². The third-order valence-corrected chi connectivity index (χ3v) is 2.91. The van der Waals surface area contributed by atoms with Crippen LogP contribution in [0.4, 0.5) is 0 Å². The molecule has 0 amide bonds. The highest BCUT2D eigenvalue weighted by atomic mass is 35.5. The molecule has 0 aliphatic rings. The third kappa shape index (κ3) is 4.54. The maximum absolute atomic E-state index is 11.5. The minimum atomic E-state index is 0.293. The molecular weight excluding hydrogens is 243 g/mol. The van der Waals surface area contributed by atoms with E-state index in [-0.39, 0.29) is 0 Å². The summed E-state index contributed by atoms with van der Waals surface area (Å²) < 4.78 is 0. The fraction of sp³-hybridized carbons (Fsp3) is 0.462. The Hall–Kier alpha value is -0.530. The summed E-state index contributed by atoms with van der Waals surface area (Å²) in [5.74, 6) is 0.717. The van der Waals surface area contributed by atoms with Crippen LogP contribution in [-0.4, -0.2) is 5.78 Å². The van der Waals surface area contributed by atoms with Crippen molar-refractivity contribution < 1.29 is 4.79 Å². The van der Waals surface area contributed by atoms with Crippen molar-refractivity contribution in [2.45, 2.75) is 33.1 Å². The molecule has 0 fully saturated rings. The lowest BCUT2D eigenvalue weighted by atomic mass is 10.0. The summed E-state index contributed by atoms with van der Waals surface area (Å²) in [4.78, 5) is 11.5. The molecule has 0 aromatic heterocycles. The van der Waals surface area contributed by atoms with Crippen molar-refractivity contribution in [1.29, 1.82) is 0 Å². The van der Waals surface area contributed by atoms with Crippen LogP contribution in [0, 0.1) is 5.92 Å². The smallest absolute Gasteiger partial charge is 0.133 e. The first-order chi connectivity index (χ1) is 7.49. The molecule has 1 aromatic rings. The Morgan fingerprint density at radius 3 is 2.56 bits per heavy atom. The van der Waals surface area contributed by atoms with E-state index in [9.17, 15) is 4.79 Å². The highest BCUT2D eigenvalue weighted by molar-refractivity contribution is 6.35. The van der Waals surface area contributed by atoms with Crippen molar-refractivity contribution in [3.63, 3.8) is 0 Å². The molecule has 0 aliphatic heterocycles. The van der Waals surface area contributed by atoms with Crippen LogP contribution < -0.4 is 0 Å². The Morgan fingerprint density at radius 1 is 1.31 bits per heavy atom. The minimum absolute atomic E-state index is 0.293. The summed E-state index contributed by atoms with van der Waals surface area (Å²) in [6, 6.07) is 5.40. The first-order valence-corrected chi connectivity index (χ1v) is 6.20. The molecule has 1 nitrogen and oxygen atoms in total. The Kier molecular flexibility index (Phi) is 5.30. The molecule has 0 spiro atoms. The maximum atomic E-state index is 11.5. The maximum Gasteiger partial charge on any atom is 0.133 e. The van der Waals surface area contributed by atoms with Crippen LogP contribution in [-0.2, 0) is 11.2 Å². The van der Waals surface area contributed by atoms with Crippen molar-refractivity contribution in [3.8, 4) is 0 Å². The molecule has 0 bridgehead atoms. The standard InChI is InChI=1S/C13H16Cl2O/c1-9(2)7-12(16)6-4-10-3-5-11(14)8-13(10)15/h3,5,8-9H,4,6-7H2,1-2H3. The molecule has 1 aromatic carbocycles. The monoisotopic (exact) mass is 258 g/mol. The van der Waals surface area contributed by atoms with Gasteiger partial charge >= 0.3 is 0 Å². The number of hydrogen-bond donors (Lipinski definition) is 0. The fourth-order valence-electron chi connectivity index (χ4n) is 1.56. The van der Waals surface area contributed by atoms with Gasteiger partial charge in [0.25, 0.3) is 0 Å². The van der Waals surface area contributed by atoms with Gasteiger partial charge in [0.2, 0.25) is 0 Å². The van der Waals surface area contributed by atoms with Crippen LogP contribution in [0.3, 0.4) is 0 Å². The minimum Gasteiger partial charge on any atom is -0.300 e. The van der Waals surface area contributed by atoms with Crippen LogP contribution in [0.15, 0.2) is 18.2 Å². The molecule has 0 atom stereocenters. The van der Waals surface area contributed by atoms with E-state index in [1.165, 1.54) is 0 Å². The third-order valence-electron chi connectivity index (χ3n) is 2.32. The summed E-state index contributed by atoms with van der Waals surface area (Å²) >= 11 is 11.8. The van der Waals surface area contributed by atoms with Crippen molar-refractivity contribution in [2.75, 3.05) is 0 Å². The highest BCUT2D eigenvalue weighted by Gasteiger charge is 2.07. The lowest BCUT2D eigenvalue weighted by Crippen LogP contribution is -2.04. The second-order valence-electron chi connectivity index (χ2n) is 4.37. The lowest BCUT2D eigenvalue weighted by Gasteiger charge is -2.06. The topological polar surface area (TPSA) is 17.1 Å². The predicted octanol–water partition coefficient (Wildman–Crippen LogP) is 4.54. The zero-order chi connectivity index (χ0) is 12.1. The summed E-state index contributed by atoms with van der Waals surface area (Å²) in [5.41, 5.74) is 0.989. The van der Waals surface area contributed by atoms with Crippen molar-refractivity contribution in [1.82, 2.24) is 0 Å². The van der Waals surface area contributed by atoms with Gasteiger partial charge in [-0.3, -0.25) is 4.79 Å². The highest BCUT2D eigenvalue weighted by Crippen LogP contribution is 2.22. The van der Waals surface area contributed by atoms with Crippen molar-refractivity contribution in [3.05, 3.63) is 33.8 Å². The van der Waals surface area contributed by atoms with Gasteiger partial charge in [-0.25, -0.2) is 0 Å². The number of benzene rings is 1. The number of carbonyl (C=O) groups excluding carboxylic acids is 1. The van der Waals surface area contributed by atoms with Crippen LogP contribution in [0.5, 0.6) is 0 Å². The number of Topliss-reactive ketones (excluding diaryl/α,β-unsaturated/α-hetero) is 1. The quantitative estimate of drug-likeness (QED) is 0.758. The van der Waals surface area contributed by atoms with Gasteiger partial charge in [0.15, 0.2) is 0 Å². The largest absolute Gasteiger partial charge is 0.300 e. The van der Waals surface area contributed by atoms with Gasteiger partial charge in [-0.2, -0.15) is 0 Å². The van der Waals surface area contributed by atoms with E-state index in [4.69, 9.17) is 23.2 Å². The van der Waals surface area contributed by atoms with E-state index in [1.807, 2.05) is 19.9 Å². The second-order valence-corrected chi connectivity index (χ2v) is 5.22. The summed E-state index contributed by atoms with van der Waals surface area (Å²) in [6.07, 6.45) is 1.90. The number of carbonyl (C=O) groups is 1. The van der Waals surface area contributed by atoms with E-state index in [1.54, 1.807) is 12.1 Å². The first kappa shape index (κ1) is 13.5. The molecule has 16 heavy (non-hydrogen) atoms. The Morgan fingerprint density at radius 2 is 2.00 bits per heavy atom. The molecule has 0 aliphatic carbocycles. The summed E-state index contributed by atoms with van der Waals surface area (Å²) in [5, 5.41) is 1.27. The van der Waals surface area contributed by atoms with Crippen LogP contribution in [0.2, 0.25) is 10.0 Å². The zero-order valence-electron chi connectivity index (χ0n) is 9.59. The number of rotatable bonds is 5. The average Bonchev–Trinajstić information content (AvgIpc) is 2.15. The Bertz CT molecular complexity index is 372. The lowest BCUT2D eigenvalue weighted by molar-refractivity contribution is -0.119. The van der Waals surface area contributed by atoms with E-state index in [2.05, 4.69) is 0 Å².